The fourth-order valence-electron chi connectivity index (χ4n) is 14.4. The van der Waals surface area contributed by atoms with Crippen LogP contribution in [0.25, 0.3) is 0 Å². The third kappa shape index (κ3) is 42.7. The molecule has 4 aliphatic heterocycles. The van der Waals surface area contributed by atoms with Crippen LogP contribution in [0, 0.1) is 0 Å². The van der Waals surface area contributed by atoms with E-state index in [1.807, 2.05) is 4.90 Å². The van der Waals surface area contributed by atoms with E-state index in [1.54, 1.807) is 7.11 Å². The highest BCUT2D eigenvalue weighted by Gasteiger charge is 2.48. The zero-order valence-electron chi connectivity index (χ0n) is 70.8. The van der Waals surface area contributed by atoms with E-state index in [0.717, 1.165) is 64.3 Å². The zero-order valence-corrected chi connectivity index (χ0v) is 70.8. The highest BCUT2D eigenvalue weighted by molar-refractivity contribution is 5.79. The van der Waals surface area contributed by atoms with Crippen LogP contribution in [0.4, 0.5) is 0 Å². The van der Waals surface area contributed by atoms with Crippen LogP contribution in [-0.4, -0.2) is 345 Å². The van der Waals surface area contributed by atoms with E-state index in [1.165, 1.54) is 20.8 Å². The highest BCUT2D eigenvalue weighted by atomic mass is 16.7. The molecular weight excluding hydrogens is 1580 g/mol. The van der Waals surface area contributed by atoms with Crippen LogP contribution < -0.4 is 53.2 Å². The number of aliphatic hydroxyl groups excluding tert-OH is 9. The van der Waals surface area contributed by atoms with Gasteiger partial charge < -0.3 is 147 Å². The van der Waals surface area contributed by atoms with Crippen molar-refractivity contribution in [2.24, 2.45) is 0 Å². The van der Waals surface area contributed by atoms with Crippen molar-refractivity contribution in [1.82, 2.24) is 58.1 Å². The molecular formula is C80H143N11O29. The number of carbonyl (C=O) groups is 11. The van der Waals surface area contributed by atoms with Gasteiger partial charge in [-0.15, -0.1) is 0 Å². The van der Waals surface area contributed by atoms with Gasteiger partial charge in [-0.05, 0) is 96.3 Å². The standard InChI is InChI=1S/C80H143N11O29/c1-53(95)87-68-74(109)71(106)57(47-92)118-77(68)115-42-18-14-27-61(99)82-36-22-35-81-60(98)26-13-17-34-80(90-66(104)30-11-9-7-5-6-8-10-12-31-67(105)91-41-21-25-56(91)50-112-4,51-113-45-32-64(102)85-39-23-37-83-62(100)28-15-19-43-116-78-69(88-54(2)96)75(110)72(107)58(48-93)119-78)52-114-46-33-65(103)86-40-24-38-84-63(101)29-16-20-44-117-79-70(89-55(3)97)76(111)73(108)59(49-94)120-79/h56-59,68-79,92-94,106-111H,5-52H2,1-4H3,(H,81,98)(H,82,99)(H,83,100)(H,84,101)(H,85,102)(H,86,103)(H,87,95)(H,88,96)(H,89,97)(H,90,104)/t56-,57?,58?,59?,68?,69?,70?,71?,72?,73?,74?,75?,76?,77?,78?,79?,80?/m0/s1. The van der Waals surface area contributed by atoms with Crippen molar-refractivity contribution in [3.05, 3.63) is 0 Å². The van der Waals surface area contributed by atoms with Gasteiger partial charge in [0.1, 0.15) is 73.1 Å². The van der Waals surface area contributed by atoms with E-state index in [2.05, 4.69) is 53.2 Å². The second kappa shape index (κ2) is 61.7. The van der Waals surface area contributed by atoms with Crippen LogP contribution in [0.2, 0.25) is 0 Å². The molecule has 4 rings (SSSR count). The molecule has 16 atom stereocenters. The molecule has 15 unspecified atom stereocenters. The number of hydrogen-bond acceptors (Lipinski definition) is 29. The van der Waals surface area contributed by atoms with Gasteiger partial charge in [0.25, 0.3) is 0 Å². The van der Waals surface area contributed by atoms with Crippen molar-refractivity contribution in [1.29, 1.82) is 0 Å². The second-order valence-corrected chi connectivity index (χ2v) is 31.3. The second-order valence-electron chi connectivity index (χ2n) is 31.3. The quantitative estimate of drug-likeness (QED) is 0.0270. The van der Waals surface area contributed by atoms with Gasteiger partial charge in [0.15, 0.2) is 18.9 Å². The fourth-order valence-corrected chi connectivity index (χ4v) is 14.4. The summed E-state index contributed by atoms with van der Waals surface area (Å²) >= 11 is 0. The number of amides is 11. The van der Waals surface area contributed by atoms with Gasteiger partial charge in [-0.3, -0.25) is 52.7 Å². The highest BCUT2D eigenvalue weighted by Crippen LogP contribution is 2.28. The Morgan fingerprint density at radius 1 is 0.375 bits per heavy atom. The molecule has 0 radical (unpaired) electrons. The predicted molar refractivity (Wildman–Crippen MR) is 430 cm³/mol. The summed E-state index contributed by atoms with van der Waals surface area (Å²) < 4.78 is 51.7. The number of nitrogens with one attached hydrogen (secondary N) is 10. The van der Waals surface area contributed by atoms with Crippen LogP contribution in [0.1, 0.15) is 213 Å². The Labute approximate surface area is 704 Å². The summed E-state index contributed by atoms with van der Waals surface area (Å²) in [5, 5.41) is 119. The summed E-state index contributed by atoms with van der Waals surface area (Å²) in [5.41, 5.74) is -1.20. The largest absolute Gasteiger partial charge is 0.394 e. The van der Waals surface area contributed by atoms with Crippen molar-refractivity contribution in [2.75, 3.05) is 126 Å². The SMILES string of the molecule is COC[C@@H]1CCCN1C(=O)CCCCCCCCCCC(=O)NC(CCCCC(=O)NCCCNC(=O)CCCCOC1OC(CO)C(O)C(O)C1NC(C)=O)(COCCC(=O)NCCCNC(=O)CCCCOC1OC(CO)C(O)C(O)C1NC(C)=O)COCCC(=O)NCCCNC(=O)CCCCOC1OC(CO)C(O)C(O)C1NC(C)=O. The van der Waals surface area contributed by atoms with Crippen molar-refractivity contribution in [3.8, 4) is 0 Å². The van der Waals surface area contributed by atoms with Crippen molar-refractivity contribution in [2.45, 2.75) is 317 Å². The van der Waals surface area contributed by atoms with Crippen LogP contribution in [-0.2, 0) is 95.4 Å². The maximum atomic E-state index is 14.1. The Hall–Kier alpha value is -6.55. The van der Waals surface area contributed by atoms with Crippen LogP contribution in [0.15, 0.2) is 0 Å². The molecule has 4 heterocycles. The van der Waals surface area contributed by atoms with E-state index >= 15 is 0 Å². The maximum absolute atomic E-state index is 14.1. The minimum absolute atomic E-state index is 0.0646. The van der Waals surface area contributed by atoms with Crippen LogP contribution in [0.3, 0.4) is 0 Å². The third-order valence-corrected chi connectivity index (χ3v) is 21.0. The molecule has 0 saturated carbocycles. The Morgan fingerprint density at radius 2 is 0.683 bits per heavy atom. The molecule has 19 N–H and O–H groups in total. The van der Waals surface area contributed by atoms with Crippen molar-refractivity contribution in [3.63, 3.8) is 0 Å². The Balaban J connectivity index is 1.29. The summed E-state index contributed by atoms with van der Waals surface area (Å²) in [7, 11) is 1.65. The molecule has 0 bridgehead atoms. The van der Waals surface area contributed by atoms with Gasteiger partial charge in [0.2, 0.25) is 65.0 Å². The smallest absolute Gasteiger partial charge is 0.222 e. The van der Waals surface area contributed by atoms with Gasteiger partial charge in [-0.25, -0.2) is 0 Å². The summed E-state index contributed by atoms with van der Waals surface area (Å²) in [6.45, 7) is 4.68. The number of ether oxygens (including phenoxy) is 9. The number of unbranched alkanes of at least 4 members (excludes halogenated alkanes) is 11. The topological polar surface area (TPSA) is 576 Å². The molecule has 0 aliphatic carbocycles. The molecule has 40 nitrogen and oxygen atoms in total. The summed E-state index contributed by atoms with van der Waals surface area (Å²) in [4.78, 5) is 142. The lowest BCUT2D eigenvalue weighted by Gasteiger charge is -2.42. The monoisotopic (exact) mass is 1720 g/mol. The summed E-state index contributed by atoms with van der Waals surface area (Å²) in [6, 6.07) is -3.12. The molecule has 40 heteroatoms. The van der Waals surface area contributed by atoms with Gasteiger partial charge in [0, 0.05) is 145 Å². The third-order valence-electron chi connectivity index (χ3n) is 21.0. The Kier molecular flexibility index (Phi) is 54.4. The van der Waals surface area contributed by atoms with E-state index in [0.29, 0.717) is 90.1 Å². The first-order valence-corrected chi connectivity index (χ1v) is 43.0. The van der Waals surface area contributed by atoms with Crippen LogP contribution >= 0.6 is 0 Å². The molecule has 11 amide bonds. The molecule has 120 heavy (non-hydrogen) atoms. The Bertz CT molecular complexity index is 2730. The average Bonchev–Trinajstić information content (AvgIpc) is 1.16. The van der Waals surface area contributed by atoms with Gasteiger partial charge in [-0.1, -0.05) is 44.9 Å². The minimum Gasteiger partial charge on any atom is -0.394 e. The molecule has 0 aromatic heterocycles. The van der Waals surface area contributed by atoms with Gasteiger partial charge >= 0.3 is 0 Å². The number of nitrogens with zero attached hydrogens (tertiary/aromatic N) is 1. The first-order chi connectivity index (χ1) is 57.7. The minimum atomic E-state index is -1.46. The molecule has 4 aliphatic rings. The number of carbonyl (C=O) groups excluding carboxylic acids is 11. The molecule has 0 spiro atoms. The normalized spacial score (nSPS) is 24.6. The zero-order chi connectivity index (χ0) is 88.0. The molecule has 4 fully saturated rings. The first-order valence-electron chi connectivity index (χ1n) is 43.0. The number of likely N-dealkylation sites (tertiary alicyclic amines) is 1. The summed E-state index contributed by atoms with van der Waals surface area (Å²) in [6.07, 6.45) is -0.753. The number of methoxy groups -OCH3 is 1. The molecule has 0 aromatic rings. The van der Waals surface area contributed by atoms with E-state index < -0.39 is 135 Å². The number of rotatable bonds is 65. The maximum Gasteiger partial charge on any atom is 0.222 e. The molecule has 4 saturated heterocycles. The molecule has 692 valence electrons. The lowest BCUT2D eigenvalue weighted by atomic mass is 9.92. The lowest BCUT2D eigenvalue weighted by Crippen LogP contribution is -2.64. The lowest BCUT2D eigenvalue weighted by molar-refractivity contribution is -0.270. The van der Waals surface area contributed by atoms with Gasteiger partial charge in [-0.2, -0.15) is 0 Å². The number of hydrogen-bond donors (Lipinski definition) is 19. The van der Waals surface area contributed by atoms with E-state index in [9.17, 15) is 98.7 Å². The van der Waals surface area contributed by atoms with Crippen molar-refractivity contribution >= 4 is 65.0 Å². The Morgan fingerprint density at radius 3 is 1.02 bits per heavy atom. The summed E-state index contributed by atoms with van der Waals surface area (Å²) in [5.74, 6) is -3.18. The van der Waals surface area contributed by atoms with E-state index in [4.69, 9.17) is 42.6 Å². The number of aliphatic hydroxyl groups is 9. The fraction of sp³-hybridized carbons (Fsp3) is 0.863. The first kappa shape index (κ1) is 106. The average molecular weight is 1720 g/mol. The van der Waals surface area contributed by atoms with Crippen LogP contribution in [0.5, 0.6) is 0 Å². The van der Waals surface area contributed by atoms with Gasteiger partial charge in [0.05, 0.1) is 64.4 Å². The molecule has 0 aromatic carbocycles. The van der Waals surface area contributed by atoms with E-state index in [-0.39, 0.29) is 190 Å². The predicted octanol–water partition coefficient (Wildman–Crippen LogP) is -2.99. The van der Waals surface area contributed by atoms with Crippen molar-refractivity contribution < 1.29 is 141 Å².